The number of carbonyl (C=O) groups is 1. The molecule has 1 aromatic rings. The predicted octanol–water partition coefficient (Wildman–Crippen LogP) is 1.96. The Balaban J connectivity index is 1.82. The van der Waals surface area contributed by atoms with Crippen LogP contribution in [0.25, 0.3) is 0 Å². The Morgan fingerprint density at radius 1 is 1.41 bits per heavy atom. The van der Waals surface area contributed by atoms with E-state index >= 15 is 0 Å². The Kier molecular flexibility index (Phi) is 4.14. The molecule has 2 rings (SSSR count). The fraction of sp³-hybridized carbons (Fsp3) is 0.417. The fourth-order valence-electron chi connectivity index (χ4n) is 1.63. The van der Waals surface area contributed by atoms with Gasteiger partial charge in [-0.3, -0.25) is 0 Å². The lowest BCUT2D eigenvalue weighted by atomic mass is 10.2. The van der Waals surface area contributed by atoms with Gasteiger partial charge in [0.25, 0.3) is 0 Å². The number of urea groups is 1. The molecule has 17 heavy (non-hydrogen) atoms. The molecule has 1 fully saturated rings. The molecule has 1 aliphatic heterocycles. The van der Waals surface area contributed by atoms with Gasteiger partial charge in [0, 0.05) is 12.3 Å². The number of rotatable bonds is 4. The van der Waals surface area contributed by atoms with Gasteiger partial charge in [-0.25, -0.2) is 4.79 Å². The standard InChI is InChI=1S/C12H16N2O2S/c1-16-10-4-2-9(3-5-10)8-17-11-6-7-13-12(15)14-11/h2-5,11H,6-8H2,1H3,(H2,13,14,15). The minimum absolute atomic E-state index is 0.0662. The smallest absolute Gasteiger partial charge is 0.315 e. The number of hydrogen-bond acceptors (Lipinski definition) is 3. The number of nitrogens with one attached hydrogen (secondary N) is 2. The number of carbonyl (C=O) groups excluding carboxylic acids is 1. The van der Waals surface area contributed by atoms with Crippen molar-refractivity contribution in [2.24, 2.45) is 0 Å². The zero-order chi connectivity index (χ0) is 12.1. The molecule has 4 nitrogen and oxygen atoms in total. The van der Waals surface area contributed by atoms with E-state index in [4.69, 9.17) is 4.74 Å². The van der Waals surface area contributed by atoms with E-state index in [-0.39, 0.29) is 11.4 Å². The molecular weight excluding hydrogens is 236 g/mol. The first-order valence-corrected chi connectivity index (χ1v) is 6.62. The van der Waals surface area contributed by atoms with E-state index in [0.29, 0.717) is 0 Å². The third-order valence-corrected chi connectivity index (χ3v) is 3.85. The third kappa shape index (κ3) is 3.56. The Morgan fingerprint density at radius 2 is 2.18 bits per heavy atom. The van der Waals surface area contributed by atoms with E-state index in [0.717, 1.165) is 24.5 Å². The topological polar surface area (TPSA) is 50.4 Å². The van der Waals surface area contributed by atoms with Crippen LogP contribution in [0.3, 0.4) is 0 Å². The molecule has 0 aromatic heterocycles. The summed E-state index contributed by atoms with van der Waals surface area (Å²) in [6.07, 6.45) is 0.965. The van der Waals surface area contributed by atoms with Gasteiger partial charge in [0.05, 0.1) is 12.5 Å². The highest BCUT2D eigenvalue weighted by atomic mass is 32.2. The molecule has 0 saturated carbocycles. The lowest BCUT2D eigenvalue weighted by molar-refractivity contribution is 0.235. The van der Waals surface area contributed by atoms with Crippen molar-refractivity contribution in [3.63, 3.8) is 0 Å². The highest BCUT2D eigenvalue weighted by molar-refractivity contribution is 7.99. The summed E-state index contributed by atoms with van der Waals surface area (Å²) >= 11 is 1.75. The van der Waals surface area contributed by atoms with Crippen LogP contribution in [-0.2, 0) is 5.75 Å². The van der Waals surface area contributed by atoms with Crippen LogP contribution in [0.2, 0.25) is 0 Å². The van der Waals surface area contributed by atoms with Crippen molar-refractivity contribution < 1.29 is 9.53 Å². The van der Waals surface area contributed by atoms with Gasteiger partial charge >= 0.3 is 6.03 Å². The number of benzene rings is 1. The number of methoxy groups -OCH3 is 1. The maximum atomic E-state index is 11.1. The van der Waals surface area contributed by atoms with Crippen molar-refractivity contribution in [1.82, 2.24) is 10.6 Å². The van der Waals surface area contributed by atoms with Gasteiger partial charge in [-0.15, -0.1) is 11.8 Å². The largest absolute Gasteiger partial charge is 0.497 e. The van der Waals surface area contributed by atoms with E-state index in [1.807, 2.05) is 12.1 Å². The quantitative estimate of drug-likeness (QED) is 0.861. The molecule has 1 aliphatic rings. The van der Waals surface area contributed by atoms with E-state index in [2.05, 4.69) is 22.8 Å². The van der Waals surface area contributed by atoms with Crippen molar-refractivity contribution in [3.8, 4) is 5.75 Å². The summed E-state index contributed by atoms with van der Waals surface area (Å²) in [4.78, 5) is 11.1. The number of amides is 2. The molecule has 5 heteroatoms. The van der Waals surface area contributed by atoms with E-state index in [1.54, 1.807) is 18.9 Å². The fourth-order valence-corrected chi connectivity index (χ4v) is 2.69. The Morgan fingerprint density at radius 3 is 2.82 bits per heavy atom. The summed E-state index contributed by atoms with van der Waals surface area (Å²) in [6, 6.07) is 7.94. The second-order valence-electron chi connectivity index (χ2n) is 3.84. The van der Waals surface area contributed by atoms with Crippen molar-refractivity contribution in [2.45, 2.75) is 17.5 Å². The van der Waals surface area contributed by atoms with Gasteiger partial charge in [0.2, 0.25) is 0 Å². The summed E-state index contributed by atoms with van der Waals surface area (Å²) in [5.74, 6) is 1.77. The Hall–Kier alpha value is -1.36. The Bertz CT molecular complexity index is 381. The van der Waals surface area contributed by atoms with E-state index < -0.39 is 0 Å². The Labute approximate surface area is 105 Å². The maximum absolute atomic E-state index is 11.1. The molecule has 1 unspecified atom stereocenters. The summed E-state index contributed by atoms with van der Waals surface area (Å²) < 4.78 is 5.11. The van der Waals surface area contributed by atoms with Crippen LogP contribution in [-0.4, -0.2) is 25.1 Å². The zero-order valence-corrected chi connectivity index (χ0v) is 10.5. The normalized spacial score (nSPS) is 19.4. The monoisotopic (exact) mass is 252 g/mol. The second-order valence-corrected chi connectivity index (χ2v) is 5.03. The minimum Gasteiger partial charge on any atom is -0.497 e. The maximum Gasteiger partial charge on any atom is 0.315 e. The average Bonchev–Trinajstić information content (AvgIpc) is 2.37. The molecule has 2 N–H and O–H groups in total. The first kappa shape index (κ1) is 12.1. The highest BCUT2D eigenvalue weighted by Crippen LogP contribution is 2.21. The molecular formula is C12H16N2O2S. The van der Waals surface area contributed by atoms with Gasteiger partial charge in [0.1, 0.15) is 5.75 Å². The minimum atomic E-state index is -0.0662. The molecule has 0 aliphatic carbocycles. The van der Waals surface area contributed by atoms with Gasteiger partial charge in [0.15, 0.2) is 0 Å². The summed E-state index contributed by atoms with van der Waals surface area (Å²) in [7, 11) is 1.66. The molecule has 1 heterocycles. The zero-order valence-electron chi connectivity index (χ0n) is 9.73. The number of hydrogen-bond donors (Lipinski definition) is 2. The molecule has 92 valence electrons. The van der Waals surface area contributed by atoms with Crippen molar-refractivity contribution in [1.29, 1.82) is 0 Å². The van der Waals surface area contributed by atoms with Crippen LogP contribution in [0, 0.1) is 0 Å². The first-order chi connectivity index (χ1) is 8.28. The van der Waals surface area contributed by atoms with Gasteiger partial charge < -0.3 is 15.4 Å². The van der Waals surface area contributed by atoms with E-state index in [9.17, 15) is 4.79 Å². The van der Waals surface area contributed by atoms with Gasteiger partial charge in [-0.1, -0.05) is 12.1 Å². The summed E-state index contributed by atoms with van der Waals surface area (Å²) in [5, 5.41) is 5.86. The number of thioether (sulfide) groups is 1. The van der Waals surface area contributed by atoms with Crippen molar-refractivity contribution >= 4 is 17.8 Å². The average molecular weight is 252 g/mol. The molecule has 0 bridgehead atoms. The molecule has 2 amide bonds. The predicted molar refractivity (Wildman–Crippen MR) is 69.2 cm³/mol. The molecule has 0 spiro atoms. The molecule has 1 aromatic carbocycles. The highest BCUT2D eigenvalue weighted by Gasteiger charge is 2.17. The van der Waals surface area contributed by atoms with Gasteiger partial charge in [-0.2, -0.15) is 0 Å². The van der Waals surface area contributed by atoms with Crippen LogP contribution in [0.5, 0.6) is 5.75 Å². The first-order valence-electron chi connectivity index (χ1n) is 5.57. The van der Waals surface area contributed by atoms with Crippen LogP contribution in [0.1, 0.15) is 12.0 Å². The molecule has 1 saturated heterocycles. The lowest BCUT2D eigenvalue weighted by Crippen LogP contribution is -2.47. The van der Waals surface area contributed by atoms with Crippen LogP contribution >= 0.6 is 11.8 Å². The summed E-state index contributed by atoms with van der Waals surface area (Å²) in [5.41, 5.74) is 1.24. The van der Waals surface area contributed by atoms with Crippen molar-refractivity contribution in [3.05, 3.63) is 29.8 Å². The second kappa shape index (κ2) is 5.82. The van der Waals surface area contributed by atoms with Crippen LogP contribution < -0.4 is 15.4 Å². The number of ether oxygens (including phenoxy) is 1. The SMILES string of the molecule is COc1ccc(CSC2CCNC(=O)N2)cc1. The molecule has 0 radical (unpaired) electrons. The van der Waals surface area contributed by atoms with Crippen molar-refractivity contribution in [2.75, 3.05) is 13.7 Å². The van der Waals surface area contributed by atoms with Crippen LogP contribution in [0.15, 0.2) is 24.3 Å². The summed E-state index contributed by atoms with van der Waals surface area (Å²) in [6.45, 7) is 0.756. The van der Waals surface area contributed by atoms with Gasteiger partial charge in [-0.05, 0) is 24.1 Å². The van der Waals surface area contributed by atoms with Crippen LogP contribution in [0.4, 0.5) is 4.79 Å². The third-order valence-electron chi connectivity index (χ3n) is 2.59. The molecule has 1 atom stereocenters. The van der Waals surface area contributed by atoms with E-state index in [1.165, 1.54) is 5.56 Å². The lowest BCUT2D eigenvalue weighted by Gasteiger charge is -2.23.